The molecule has 0 saturated heterocycles. The number of aliphatic hydroxyl groups is 1. The lowest BCUT2D eigenvalue weighted by molar-refractivity contribution is 0.0620. The number of benzene rings is 1. The Balaban J connectivity index is 2.02. The van der Waals surface area contributed by atoms with Crippen LogP contribution in [0.25, 0.3) is 0 Å². The van der Waals surface area contributed by atoms with E-state index in [0.717, 1.165) is 11.3 Å². The van der Waals surface area contributed by atoms with Crippen molar-refractivity contribution in [1.29, 1.82) is 0 Å². The molecule has 1 aliphatic carbocycles. The van der Waals surface area contributed by atoms with E-state index in [1.54, 1.807) is 0 Å². The molecule has 0 aromatic heterocycles. The molecule has 1 aromatic carbocycles. The van der Waals surface area contributed by atoms with E-state index >= 15 is 0 Å². The molecule has 0 spiro atoms. The van der Waals surface area contributed by atoms with E-state index in [4.69, 9.17) is 0 Å². The molecular weight excluding hydrogens is 204 g/mol. The number of hydrogen-bond acceptors (Lipinski definition) is 2. The van der Waals surface area contributed by atoms with Crippen molar-refractivity contribution in [2.24, 2.45) is 5.92 Å². The summed E-state index contributed by atoms with van der Waals surface area (Å²) < 4.78 is 0. The highest BCUT2D eigenvalue weighted by Crippen LogP contribution is 2.37. The van der Waals surface area contributed by atoms with Crippen molar-refractivity contribution in [3.05, 3.63) is 29.8 Å². The van der Waals surface area contributed by atoms with Gasteiger partial charge in [0, 0.05) is 4.90 Å². The first-order valence-electron chi connectivity index (χ1n) is 5.72. The van der Waals surface area contributed by atoms with Crippen molar-refractivity contribution in [3.63, 3.8) is 0 Å². The fourth-order valence-electron chi connectivity index (χ4n) is 1.96. The van der Waals surface area contributed by atoms with E-state index in [1.165, 1.54) is 24.2 Å². The molecule has 1 aliphatic rings. The topological polar surface area (TPSA) is 20.2 Å². The molecule has 1 nitrogen and oxygen atoms in total. The average Bonchev–Trinajstić information content (AvgIpc) is 2.16. The summed E-state index contributed by atoms with van der Waals surface area (Å²) in [5, 5.41) is 10.1. The van der Waals surface area contributed by atoms with Gasteiger partial charge in [-0.3, -0.25) is 0 Å². The maximum Gasteiger partial charge on any atom is 0.0818 e. The van der Waals surface area contributed by atoms with E-state index in [0.29, 0.717) is 5.92 Å². The Morgan fingerprint density at radius 1 is 1.33 bits per heavy atom. The molecule has 2 rings (SSSR count). The molecule has 1 fully saturated rings. The monoisotopic (exact) mass is 222 g/mol. The maximum absolute atomic E-state index is 10.1. The third-order valence-corrected chi connectivity index (χ3v) is 4.02. The molecule has 2 heteroatoms. The lowest BCUT2D eigenvalue weighted by Gasteiger charge is -2.30. The normalized spacial score (nSPS) is 18.5. The van der Waals surface area contributed by atoms with Gasteiger partial charge in [-0.1, -0.05) is 25.5 Å². The number of hydrogen-bond donors (Lipinski definition) is 1. The fraction of sp³-hybridized carbons (Fsp3) is 0.538. The van der Waals surface area contributed by atoms with Gasteiger partial charge in [0.15, 0.2) is 0 Å². The minimum atomic E-state index is -0.237. The second-order valence-corrected chi connectivity index (χ2v) is 5.48. The van der Waals surface area contributed by atoms with E-state index < -0.39 is 0 Å². The largest absolute Gasteiger partial charge is 0.388 e. The van der Waals surface area contributed by atoms with Gasteiger partial charge in [-0.2, -0.15) is 0 Å². The second kappa shape index (κ2) is 5.04. The Kier molecular flexibility index (Phi) is 3.71. The standard InChI is InChI=1S/C13H18OS/c1-2-15-12-8-6-11(7-9-12)13(14)10-4-3-5-10/h6-10,13-14H,2-5H2,1H3. The van der Waals surface area contributed by atoms with Crippen LogP contribution in [-0.2, 0) is 0 Å². The van der Waals surface area contributed by atoms with Gasteiger partial charge in [0.1, 0.15) is 0 Å². The lowest BCUT2D eigenvalue weighted by Crippen LogP contribution is -2.19. The van der Waals surface area contributed by atoms with Crippen LogP contribution in [0.15, 0.2) is 29.2 Å². The summed E-state index contributed by atoms with van der Waals surface area (Å²) in [6.07, 6.45) is 3.42. The highest BCUT2D eigenvalue weighted by molar-refractivity contribution is 7.99. The predicted molar refractivity (Wildman–Crippen MR) is 65.1 cm³/mol. The van der Waals surface area contributed by atoms with Gasteiger partial charge >= 0.3 is 0 Å². The number of thioether (sulfide) groups is 1. The molecule has 1 atom stereocenters. The lowest BCUT2D eigenvalue weighted by atomic mass is 9.79. The highest BCUT2D eigenvalue weighted by Gasteiger charge is 2.26. The first-order valence-corrected chi connectivity index (χ1v) is 6.70. The number of rotatable bonds is 4. The quantitative estimate of drug-likeness (QED) is 0.785. The molecule has 15 heavy (non-hydrogen) atoms. The van der Waals surface area contributed by atoms with Crippen LogP contribution < -0.4 is 0 Å². The van der Waals surface area contributed by atoms with Crippen molar-refractivity contribution in [1.82, 2.24) is 0 Å². The van der Waals surface area contributed by atoms with Crippen molar-refractivity contribution in [2.45, 2.75) is 37.2 Å². The molecule has 82 valence electrons. The van der Waals surface area contributed by atoms with Crippen LogP contribution in [0.1, 0.15) is 37.9 Å². The van der Waals surface area contributed by atoms with Gasteiger partial charge in [0.25, 0.3) is 0 Å². The first kappa shape index (κ1) is 11.0. The van der Waals surface area contributed by atoms with Gasteiger partial charge in [0.2, 0.25) is 0 Å². The molecule has 1 aromatic rings. The molecule has 0 heterocycles. The Morgan fingerprint density at radius 3 is 2.47 bits per heavy atom. The van der Waals surface area contributed by atoms with E-state index in [9.17, 15) is 5.11 Å². The summed E-state index contributed by atoms with van der Waals surface area (Å²) in [4.78, 5) is 1.29. The molecule has 0 aliphatic heterocycles. The van der Waals surface area contributed by atoms with Crippen molar-refractivity contribution in [2.75, 3.05) is 5.75 Å². The summed E-state index contributed by atoms with van der Waals surface area (Å²) in [6.45, 7) is 2.15. The van der Waals surface area contributed by atoms with Crippen molar-refractivity contribution < 1.29 is 5.11 Å². The zero-order valence-electron chi connectivity index (χ0n) is 9.15. The van der Waals surface area contributed by atoms with E-state index in [2.05, 4.69) is 31.2 Å². The van der Waals surface area contributed by atoms with Gasteiger partial charge in [-0.05, 0) is 42.2 Å². The SMILES string of the molecule is CCSc1ccc(C(O)C2CCC2)cc1. The summed E-state index contributed by atoms with van der Waals surface area (Å²) in [7, 11) is 0. The van der Waals surface area contributed by atoms with Crippen molar-refractivity contribution in [3.8, 4) is 0 Å². The Hall–Kier alpha value is -0.470. The summed E-state index contributed by atoms with van der Waals surface area (Å²) in [6, 6.07) is 8.37. The van der Waals surface area contributed by atoms with E-state index in [-0.39, 0.29) is 6.10 Å². The van der Waals surface area contributed by atoms with Crippen LogP contribution >= 0.6 is 11.8 Å². The summed E-state index contributed by atoms with van der Waals surface area (Å²) in [5.41, 5.74) is 1.08. The van der Waals surface area contributed by atoms with E-state index in [1.807, 2.05) is 11.8 Å². The van der Waals surface area contributed by atoms with Gasteiger partial charge < -0.3 is 5.11 Å². The summed E-state index contributed by atoms with van der Waals surface area (Å²) >= 11 is 1.84. The zero-order valence-corrected chi connectivity index (χ0v) is 9.96. The maximum atomic E-state index is 10.1. The van der Waals surface area contributed by atoms with Gasteiger partial charge in [-0.15, -0.1) is 11.8 Å². The van der Waals surface area contributed by atoms with Gasteiger partial charge in [-0.25, -0.2) is 0 Å². The minimum absolute atomic E-state index is 0.237. The molecule has 0 radical (unpaired) electrons. The van der Waals surface area contributed by atoms with Crippen LogP contribution in [-0.4, -0.2) is 10.9 Å². The molecular formula is C13H18OS. The molecule has 1 saturated carbocycles. The minimum Gasteiger partial charge on any atom is -0.388 e. The smallest absolute Gasteiger partial charge is 0.0818 e. The Bertz CT molecular complexity index is 303. The Morgan fingerprint density at radius 2 is 2.00 bits per heavy atom. The third-order valence-electron chi connectivity index (χ3n) is 3.13. The van der Waals surface area contributed by atoms with Crippen LogP contribution in [0, 0.1) is 5.92 Å². The van der Waals surface area contributed by atoms with Crippen LogP contribution in [0.2, 0.25) is 0 Å². The fourth-order valence-corrected chi connectivity index (χ4v) is 2.62. The summed E-state index contributed by atoms with van der Waals surface area (Å²) in [5.74, 6) is 1.61. The third kappa shape index (κ3) is 2.56. The van der Waals surface area contributed by atoms with Crippen LogP contribution in [0.3, 0.4) is 0 Å². The van der Waals surface area contributed by atoms with Crippen molar-refractivity contribution >= 4 is 11.8 Å². The van der Waals surface area contributed by atoms with Gasteiger partial charge in [0.05, 0.1) is 6.10 Å². The first-order chi connectivity index (χ1) is 7.31. The average molecular weight is 222 g/mol. The zero-order chi connectivity index (χ0) is 10.7. The molecule has 0 amide bonds. The number of aliphatic hydroxyl groups excluding tert-OH is 1. The van der Waals surface area contributed by atoms with Crippen LogP contribution in [0.5, 0.6) is 0 Å². The second-order valence-electron chi connectivity index (χ2n) is 4.14. The van der Waals surface area contributed by atoms with Crippen LogP contribution in [0.4, 0.5) is 0 Å². The molecule has 1 unspecified atom stereocenters. The molecule has 1 N–H and O–H groups in total. The predicted octanol–water partition coefficient (Wildman–Crippen LogP) is 3.63. The molecule has 0 bridgehead atoms. The highest BCUT2D eigenvalue weighted by atomic mass is 32.2. The Labute approximate surface area is 95.9 Å².